The van der Waals surface area contributed by atoms with E-state index in [1.165, 1.54) is 31.2 Å². The summed E-state index contributed by atoms with van der Waals surface area (Å²) < 4.78 is 0. The Morgan fingerprint density at radius 1 is 1.12 bits per heavy atom. The fraction of sp³-hybridized carbons (Fsp3) is 0.571. The molecule has 2 rings (SSSR count). The van der Waals surface area contributed by atoms with Crippen LogP contribution in [0.4, 0.5) is 0 Å². The van der Waals surface area contributed by atoms with Gasteiger partial charge in [-0.1, -0.05) is 43.2 Å². The van der Waals surface area contributed by atoms with Gasteiger partial charge in [-0.05, 0) is 24.3 Å². The molecular weight excluding hydrogens is 198 g/mol. The van der Waals surface area contributed by atoms with Gasteiger partial charge in [-0.25, -0.2) is 0 Å². The van der Waals surface area contributed by atoms with Crippen molar-refractivity contribution >= 4 is 0 Å². The minimum absolute atomic E-state index is 0.326. The van der Waals surface area contributed by atoms with Gasteiger partial charge in [-0.2, -0.15) is 0 Å². The van der Waals surface area contributed by atoms with Crippen molar-refractivity contribution in [2.75, 3.05) is 6.61 Å². The molecule has 16 heavy (non-hydrogen) atoms. The summed E-state index contributed by atoms with van der Waals surface area (Å²) in [5.41, 5.74) is 1.32. The van der Waals surface area contributed by atoms with E-state index >= 15 is 0 Å². The van der Waals surface area contributed by atoms with E-state index in [2.05, 4.69) is 29.6 Å². The lowest BCUT2D eigenvalue weighted by atomic mass is 9.85. The molecule has 2 unspecified atom stereocenters. The normalized spacial score (nSPS) is 25.6. The summed E-state index contributed by atoms with van der Waals surface area (Å²) in [6.45, 7) is 1.24. The molecule has 0 aromatic heterocycles. The molecule has 1 aliphatic carbocycles. The van der Waals surface area contributed by atoms with Gasteiger partial charge in [0.15, 0.2) is 0 Å². The molecule has 0 amide bonds. The smallest absolute Gasteiger partial charge is 0.0474 e. The number of rotatable bonds is 4. The third-order valence-corrected chi connectivity index (χ3v) is 3.55. The largest absolute Gasteiger partial charge is 0.396 e. The molecule has 1 aliphatic rings. The number of hydrogen-bond donors (Lipinski definition) is 2. The van der Waals surface area contributed by atoms with E-state index in [-0.39, 0.29) is 0 Å². The molecule has 0 spiro atoms. The van der Waals surface area contributed by atoms with Crippen LogP contribution in [0.2, 0.25) is 0 Å². The lowest BCUT2D eigenvalue weighted by Gasteiger charge is -2.31. The summed E-state index contributed by atoms with van der Waals surface area (Å²) in [7, 11) is 0. The van der Waals surface area contributed by atoms with Crippen molar-refractivity contribution in [3.63, 3.8) is 0 Å². The molecular formula is C14H21NO. The van der Waals surface area contributed by atoms with Gasteiger partial charge in [0, 0.05) is 19.2 Å². The predicted octanol–water partition coefficient (Wildman–Crippen LogP) is 2.33. The van der Waals surface area contributed by atoms with Gasteiger partial charge >= 0.3 is 0 Å². The quantitative estimate of drug-likeness (QED) is 0.814. The van der Waals surface area contributed by atoms with E-state index in [0.717, 1.165) is 6.54 Å². The first kappa shape index (κ1) is 11.6. The van der Waals surface area contributed by atoms with Crippen LogP contribution in [0.25, 0.3) is 0 Å². The summed E-state index contributed by atoms with van der Waals surface area (Å²) >= 11 is 0. The second-order valence-electron chi connectivity index (χ2n) is 4.70. The van der Waals surface area contributed by atoms with Gasteiger partial charge in [0.2, 0.25) is 0 Å². The van der Waals surface area contributed by atoms with Crippen LogP contribution in [0.1, 0.15) is 31.2 Å². The van der Waals surface area contributed by atoms with Crippen LogP contribution in [0.15, 0.2) is 30.3 Å². The van der Waals surface area contributed by atoms with Gasteiger partial charge in [-0.3, -0.25) is 0 Å². The zero-order valence-corrected chi connectivity index (χ0v) is 9.73. The minimum Gasteiger partial charge on any atom is -0.396 e. The second kappa shape index (κ2) is 6.02. The van der Waals surface area contributed by atoms with E-state index in [1.54, 1.807) is 0 Å². The van der Waals surface area contributed by atoms with Crippen molar-refractivity contribution in [2.24, 2.45) is 5.92 Å². The zero-order valence-electron chi connectivity index (χ0n) is 9.73. The Labute approximate surface area is 97.7 Å². The summed E-state index contributed by atoms with van der Waals surface area (Å²) in [4.78, 5) is 0. The molecule has 0 heterocycles. The maximum absolute atomic E-state index is 9.32. The molecule has 1 aromatic rings. The van der Waals surface area contributed by atoms with Crippen LogP contribution in [-0.2, 0) is 6.54 Å². The van der Waals surface area contributed by atoms with Crippen LogP contribution in [-0.4, -0.2) is 17.8 Å². The molecule has 2 nitrogen and oxygen atoms in total. The average Bonchev–Trinajstić information content (AvgIpc) is 2.38. The lowest BCUT2D eigenvalue weighted by molar-refractivity contribution is 0.152. The van der Waals surface area contributed by atoms with Crippen LogP contribution in [0, 0.1) is 5.92 Å². The van der Waals surface area contributed by atoms with Crippen molar-refractivity contribution in [1.82, 2.24) is 5.32 Å². The van der Waals surface area contributed by atoms with Gasteiger partial charge in [-0.15, -0.1) is 0 Å². The molecule has 2 heteroatoms. The first-order valence-electron chi connectivity index (χ1n) is 6.28. The summed E-state index contributed by atoms with van der Waals surface area (Å²) in [6, 6.07) is 11.0. The molecule has 88 valence electrons. The highest BCUT2D eigenvalue weighted by Crippen LogP contribution is 2.24. The Morgan fingerprint density at radius 3 is 2.62 bits per heavy atom. The number of nitrogens with one attached hydrogen (secondary N) is 1. The highest BCUT2D eigenvalue weighted by atomic mass is 16.3. The monoisotopic (exact) mass is 219 g/mol. The topological polar surface area (TPSA) is 32.3 Å². The number of hydrogen-bond acceptors (Lipinski definition) is 2. The van der Waals surface area contributed by atoms with Gasteiger partial charge in [0.25, 0.3) is 0 Å². The number of benzene rings is 1. The van der Waals surface area contributed by atoms with Crippen molar-refractivity contribution in [2.45, 2.75) is 38.3 Å². The molecule has 2 N–H and O–H groups in total. The lowest BCUT2D eigenvalue weighted by Crippen LogP contribution is -2.39. The fourth-order valence-corrected chi connectivity index (χ4v) is 2.54. The van der Waals surface area contributed by atoms with E-state index in [0.29, 0.717) is 18.6 Å². The van der Waals surface area contributed by atoms with Gasteiger partial charge < -0.3 is 10.4 Å². The molecule has 0 bridgehead atoms. The Hall–Kier alpha value is -0.860. The maximum Gasteiger partial charge on any atom is 0.0474 e. The van der Waals surface area contributed by atoms with E-state index in [1.807, 2.05) is 6.07 Å². The van der Waals surface area contributed by atoms with Crippen molar-refractivity contribution in [3.05, 3.63) is 35.9 Å². The molecule has 2 atom stereocenters. The molecule has 1 fully saturated rings. The van der Waals surface area contributed by atoms with Gasteiger partial charge in [0.05, 0.1) is 0 Å². The van der Waals surface area contributed by atoms with Crippen LogP contribution in [0.5, 0.6) is 0 Å². The van der Waals surface area contributed by atoms with Gasteiger partial charge in [0.1, 0.15) is 0 Å². The first-order valence-corrected chi connectivity index (χ1v) is 6.28. The molecule has 0 aliphatic heterocycles. The minimum atomic E-state index is 0.326. The third kappa shape index (κ3) is 3.06. The predicted molar refractivity (Wildman–Crippen MR) is 66.1 cm³/mol. The number of aliphatic hydroxyl groups excluding tert-OH is 1. The fourth-order valence-electron chi connectivity index (χ4n) is 2.54. The summed E-state index contributed by atoms with van der Waals surface area (Å²) in [5, 5.41) is 12.9. The molecule has 1 aromatic carbocycles. The Balaban J connectivity index is 1.84. The Kier molecular flexibility index (Phi) is 4.37. The molecule has 0 saturated heterocycles. The molecule has 1 saturated carbocycles. The first-order chi connectivity index (χ1) is 7.90. The highest BCUT2D eigenvalue weighted by molar-refractivity contribution is 5.14. The van der Waals surface area contributed by atoms with E-state index < -0.39 is 0 Å². The SMILES string of the molecule is OCC1CCCCC1NCc1ccccc1. The van der Waals surface area contributed by atoms with Crippen molar-refractivity contribution in [1.29, 1.82) is 0 Å². The number of aliphatic hydroxyl groups is 1. The summed E-state index contributed by atoms with van der Waals surface area (Å²) in [6.07, 6.45) is 4.94. The Bertz CT molecular complexity index is 299. The van der Waals surface area contributed by atoms with E-state index in [9.17, 15) is 5.11 Å². The van der Waals surface area contributed by atoms with Crippen molar-refractivity contribution < 1.29 is 5.11 Å². The van der Waals surface area contributed by atoms with E-state index in [4.69, 9.17) is 0 Å². The average molecular weight is 219 g/mol. The standard InChI is InChI=1S/C14H21NO/c16-11-13-8-4-5-9-14(13)15-10-12-6-2-1-3-7-12/h1-3,6-7,13-16H,4-5,8-11H2. The highest BCUT2D eigenvalue weighted by Gasteiger charge is 2.23. The zero-order chi connectivity index (χ0) is 11.2. The second-order valence-corrected chi connectivity index (χ2v) is 4.70. The van der Waals surface area contributed by atoms with Crippen LogP contribution < -0.4 is 5.32 Å². The maximum atomic E-state index is 9.32. The summed E-state index contributed by atoms with van der Waals surface area (Å²) in [5.74, 6) is 0.456. The van der Waals surface area contributed by atoms with Crippen LogP contribution >= 0.6 is 0 Å². The van der Waals surface area contributed by atoms with Crippen LogP contribution in [0.3, 0.4) is 0 Å². The molecule has 0 radical (unpaired) electrons. The third-order valence-electron chi connectivity index (χ3n) is 3.55. The Morgan fingerprint density at radius 2 is 1.88 bits per heavy atom. The van der Waals surface area contributed by atoms with Crippen molar-refractivity contribution in [3.8, 4) is 0 Å².